The zero-order valence-electron chi connectivity index (χ0n) is 19.1. The number of benzene rings is 2. The van der Waals surface area contributed by atoms with E-state index in [-0.39, 0.29) is 11.5 Å². The van der Waals surface area contributed by atoms with Crippen LogP contribution in [0, 0.1) is 50.2 Å². The van der Waals surface area contributed by atoms with Gasteiger partial charge in [-0.05, 0) is 23.3 Å². The van der Waals surface area contributed by atoms with Crippen molar-refractivity contribution in [1.29, 1.82) is 21.2 Å². The van der Waals surface area contributed by atoms with Crippen molar-refractivity contribution in [3.63, 3.8) is 0 Å². The smallest absolute Gasteiger partial charge is 0.218 e. The Hall–Kier alpha value is -4.26. The maximum Gasteiger partial charge on any atom is 0.218 e. The van der Waals surface area contributed by atoms with E-state index in [1.807, 2.05) is 18.2 Å². The first kappa shape index (κ1) is 22.9. The molecule has 2 aliphatic heterocycles. The van der Waals surface area contributed by atoms with Crippen LogP contribution < -0.4 is 14.2 Å². The molecule has 0 radical (unpaired) electrons. The van der Waals surface area contributed by atoms with Gasteiger partial charge >= 0.3 is 0 Å². The summed E-state index contributed by atoms with van der Waals surface area (Å²) in [5.74, 6) is -2.00. The fraction of sp³-hybridized carbons (Fsp3) is 0.360. The lowest BCUT2D eigenvalue weighted by Gasteiger charge is -2.49. The zero-order valence-corrected chi connectivity index (χ0v) is 19.1. The predicted octanol–water partition coefficient (Wildman–Crippen LogP) is 3.83. The molecule has 4 atom stereocenters. The molecule has 2 saturated heterocycles. The number of rotatable bonds is 5. The maximum atomic E-state index is 10.5. The summed E-state index contributed by atoms with van der Waals surface area (Å²) in [6.07, 6.45) is -1.27. The van der Waals surface area contributed by atoms with Gasteiger partial charge in [0, 0.05) is 6.92 Å². The summed E-state index contributed by atoms with van der Waals surface area (Å²) < 4.78 is 28.5. The molecular formula is C25H22N4O5. The molecule has 0 amide bonds. The number of ether oxygens (including phenoxy) is 5. The van der Waals surface area contributed by atoms with Gasteiger partial charge in [-0.1, -0.05) is 30.3 Å². The third-order valence-corrected chi connectivity index (χ3v) is 6.64. The van der Waals surface area contributed by atoms with E-state index >= 15 is 0 Å². The van der Waals surface area contributed by atoms with Crippen molar-refractivity contribution in [2.24, 2.45) is 10.8 Å². The van der Waals surface area contributed by atoms with Crippen molar-refractivity contribution in [1.82, 2.24) is 0 Å². The molecule has 0 aliphatic carbocycles. The average Bonchev–Trinajstić information content (AvgIpc) is 3.05. The highest BCUT2D eigenvalue weighted by molar-refractivity contribution is 5.90. The van der Waals surface area contributed by atoms with Crippen molar-refractivity contribution in [2.75, 3.05) is 21.3 Å². The molecule has 0 saturated carbocycles. The third-order valence-electron chi connectivity index (χ3n) is 6.64. The Bertz CT molecular complexity index is 1240. The van der Waals surface area contributed by atoms with Gasteiger partial charge in [0.05, 0.1) is 45.5 Å². The van der Waals surface area contributed by atoms with Crippen LogP contribution in [0.15, 0.2) is 42.5 Å². The second kappa shape index (κ2) is 7.95. The first-order valence-electron chi connectivity index (χ1n) is 10.4. The van der Waals surface area contributed by atoms with Crippen molar-refractivity contribution in [3.8, 4) is 35.5 Å². The average molecular weight is 458 g/mol. The Kier molecular flexibility index (Phi) is 5.36. The van der Waals surface area contributed by atoms with E-state index in [0.717, 1.165) is 0 Å². The summed E-state index contributed by atoms with van der Waals surface area (Å²) in [4.78, 5) is 0. The highest BCUT2D eigenvalue weighted by Gasteiger charge is 2.79. The maximum absolute atomic E-state index is 10.5. The van der Waals surface area contributed by atoms with Crippen LogP contribution in [0.25, 0.3) is 0 Å². The number of nitrogens with one attached hydrogen (secondary N) is 1. The van der Waals surface area contributed by atoms with Gasteiger partial charge in [0.2, 0.25) is 22.8 Å². The molecule has 34 heavy (non-hydrogen) atoms. The van der Waals surface area contributed by atoms with Gasteiger partial charge in [-0.2, -0.15) is 15.8 Å². The van der Waals surface area contributed by atoms with E-state index in [2.05, 4.69) is 6.07 Å². The zero-order chi connectivity index (χ0) is 24.7. The fourth-order valence-electron chi connectivity index (χ4n) is 5.19. The third kappa shape index (κ3) is 2.70. The van der Waals surface area contributed by atoms with Gasteiger partial charge in [-0.3, -0.25) is 5.41 Å². The Morgan fingerprint density at radius 1 is 0.882 bits per heavy atom. The lowest BCUT2D eigenvalue weighted by molar-refractivity contribution is -0.253. The topological polar surface area (TPSA) is 141 Å². The first-order chi connectivity index (χ1) is 16.3. The van der Waals surface area contributed by atoms with Crippen molar-refractivity contribution in [2.45, 2.75) is 24.7 Å². The van der Waals surface area contributed by atoms with Crippen LogP contribution in [-0.4, -0.2) is 33.0 Å². The van der Waals surface area contributed by atoms with Crippen LogP contribution in [0.4, 0.5) is 0 Å². The summed E-state index contributed by atoms with van der Waals surface area (Å²) in [5, 5.41) is 40.1. The second-order valence-electron chi connectivity index (χ2n) is 8.20. The van der Waals surface area contributed by atoms with Crippen molar-refractivity contribution >= 4 is 5.90 Å². The van der Waals surface area contributed by atoms with Gasteiger partial charge in [0.25, 0.3) is 0 Å². The molecule has 172 valence electrons. The molecule has 2 fully saturated rings. The summed E-state index contributed by atoms with van der Waals surface area (Å²) in [6, 6.07) is 18.2. The Labute approximate surface area is 197 Å². The predicted molar refractivity (Wildman–Crippen MR) is 118 cm³/mol. The first-order valence-corrected chi connectivity index (χ1v) is 10.4. The van der Waals surface area contributed by atoms with Crippen LogP contribution >= 0.6 is 0 Å². The molecular weight excluding hydrogens is 436 g/mol. The van der Waals surface area contributed by atoms with Crippen LogP contribution in [0.2, 0.25) is 0 Å². The molecule has 2 aromatic carbocycles. The molecule has 2 aliphatic rings. The standard InChI is InChI=1S/C25H22N4O5/c1-23-20(15-8-6-5-7-9-15)25(14-28,22(29)34-23)24(12-26,13-27)21(33-23)16-10-17(30-2)19(32-4)18(11-16)31-3/h5-11,20-21,29H,1-4H3. The summed E-state index contributed by atoms with van der Waals surface area (Å²) in [7, 11) is 4.34. The Morgan fingerprint density at radius 2 is 1.47 bits per heavy atom. The number of nitrogens with zero attached hydrogens (tertiary/aromatic N) is 3. The number of fused-ring (bicyclic) bond motifs is 2. The van der Waals surface area contributed by atoms with E-state index in [9.17, 15) is 15.8 Å². The van der Waals surface area contributed by atoms with Gasteiger partial charge in [0.15, 0.2) is 16.9 Å². The molecule has 1 N–H and O–H groups in total. The number of nitriles is 3. The van der Waals surface area contributed by atoms with E-state index < -0.39 is 34.5 Å². The van der Waals surface area contributed by atoms with Crippen molar-refractivity contribution < 1.29 is 23.7 Å². The van der Waals surface area contributed by atoms with E-state index in [1.54, 1.807) is 43.3 Å². The number of methoxy groups -OCH3 is 3. The van der Waals surface area contributed by atoms with Crippen LogP contribution in [-0.2, 0) is 9.47 Å². The second-order valence-corrected chi connectivity index (χ2v) is 8.20. The largest absolute Gasteiger partial charge is 0.493 e. The minimum Gasteiger partial charge on any atom is -0.493 e. The summed E-state index contributed by atoms with van der Waals surface area (Å²) in [5.41, 5.74) is -3.13. The Balaban J connectivity index is 2.04. The molecule has 0 aromatic heterocycles. The van der Waals surface area contributed by atoms with E-state index in [1.165, 1.54) is 21.3 Å². The highest BCUT2D eigenvalue weighted by atomic mass is 16.7. The summed E-state index contributed by atoms with van der Waals surface area (Å²) in [6.45, 7) is 1.61. The van der Waals surface area contributed by atoms with Crippen LogP contribution in [0.3, 0.4) is 0 Å². The number of hydrogen-bond donors (Lipinski definition) is 1. The Morgan fingerprint density at radius 3 is 1.94 bits per heavy atom. The fourth-order valence-corrected chi connectivity index (χ4v) is 5.19. The highest BCUT2D eigenvalue weighted by Crippen LogP contribution is 2.69. The normalized spacial score (nSPS) is 28.6. The molecule has 4 unspecified atom stereocenters. The molecule has 4 rings (SSSR count). The minimum atomic E-state index is -2.14. The van der Waals surface area contributed by atoms with Gasteiger partial charge in [0.1, 0.15) is 6.10 Å². The van der Waals surface area contributed by atoms with E-state index in [4.69, 9.17) is 29.1 Å². The van der Waals surface area contributed by atoms with Crippen LogP contribution in [0.1, 0.15) is 30.1 Å². The van der Waals surface area contributed by atoms with Gasteiger partial charge in [-0.15, -0.1) is 0 Å². The molecule has 2 heterocycles. The van der Waals surface area contributed by atoms with Gasteiger partial charge < -0.3 is 23.7 Å². The SMILES string of the molecule is COc1cc(C2OC3(C)OC(=N)C(C#N)(C3c3ccccc3)C2(C#N)C#N)cc(OC)c1OC. The number of hydrogen-bond acceptors (Lipinski definition) is 9. The molecule has 2 bridgehead atoms. The molecule has 2 aromatic rings. The lowest BCUT2D eigenvalue weighted by Crippen LogP contribution is -2.57. The molecule has 9 nitrogen and oxygen atoms in total. The van der Waals surface area contributed by atoms with Crippen LogP contribution in [0.5, 0.6) is 17.2 Å². The molecule has 0 spiro atoms. The lowest BCUT2D eigenvalue weighted by atomic mass is 9.52. The summed E-state index contributed by atoms with van der Waals surface area (Å²) >= 11 is 0. The van der Waals surface area contributed by atoms with Crippen molar-refractivity contribution in [3.05, 3.63) is 53.6 Å². The van der Waals surface area contributed by atoms with Gasteiger partial charge in [-0.25, -0.2) is 0 Å². The monoisotopic (exact) mass is 458 g/mol. The quantitative estimate of drug-likeness (QED) is 0.712. The van der Waals surface area contributed by atoms with E-state index in [0.29, 0.717) is 16.9 Å². The minimum absolute atomic E-state index is 0.287. The molecule has 9 heteroatoms.